The summed E-state index contributed by atoms with van der Waals surface area (Å²) in [7, 11) is -3.96. The molecule has 1 aromatic carbocycles. The first-order valence-electron chi connectivity index (χ1n) is 9.84. The predicted octanol–water partition coefficient (Wildman–Crippen LogP) is 2.44. The molecular weight excluding hydrogens is 465 g/mol. The number of ether oxygens (including phenoxy) is 1. The summed E-state index contributed by atoms with van der Waals surface area (Å²) in [4.78, 5) is 10.7. The van der Waals surface area contributed by atoms with Gasteiger partial charge >= 0.3 is 6.18 Å². The number of alkyl halides is 3. The second kappa shape index (κ2) is 11.4. The number of benzene rings is 1. The quantitative estimate of drug-likeness (QED) is 0.381. The highest BCUT2D eigenvalue weighted by Crippen LogP contribution is 2.23. The summed E-state index contributed by atoms with van der Waals surface area (Å²) in [5.41, 5.74) is 1.62. The number of nitrogens with one attached hydrogen (secondary N) is 2. The summed E-state index contributed by atoms with van der Waals surface area (Å²) in [6, 6.07) is 8.11. The number of aromatic nitrogens is 3. The Labute approximate surface area is 188 Å². The number of hydrogen-bond acceptors (Lipinski definition) is 7. The van der Waals surface area contributed by atoms with Crippen LogP contribution in [0.3, 0.4) is 0 Å². The summed E-state index contributed by atoms with van der Waals surface area (Å²) in [5, 5.41) is 16.2. The molecular formula is C20H25F3N4O5S. The molecule has 0 amide bonds. The van der Waals surface area contributed by atoms with E-state index in [9.17, 15) is 21.6 Å². The lowest BCUT2D eigenvalue weighted by molar-refractivity contribution is -0.153. The van der Waals surface area contributed by atoms with Crippen LogP contribution < -0.4 is 9.46 Å². The normalized spacial score (nSPS) is 12.8. The Balaban J connectivity index is 0.000000569. The Morgan fingerprint density at radius 3 is 2.52 bits per heavy atom. The third-order valence-corrected chi connectivity index (χ3v) is 5.61. The van der Waals surface area contributed by atoms with E-state index in [0.29, 0.717) is 23.0 Å². The molecule has 0 spiro atoms. The maximum atomic E-state index is 12.4. The summed E-state index contributed by atoms with van der Waals surface area (Å²) in [5.74, 6) is -0.0136. The number of aliphatic hydroxyl groups excluding tert-OH is 2. The molecule has 1 atom stereocenters. The molecule has 33 heavy (non-hydrogen) atoms. The molecule has 4 N–H and O–H groups in total. The van der Waals surface area contributed by atoms with Crippen LogP contribution in [0.15, 0.2) is 41.7 Å². The number of pyridine rings is 1. The number of aromatic amines is 1. The van der Waals surface area contributed by atoms with E-state index < -0.39 is 28.9 Å². The van der Waals surface area contributed by atoms with Crippen LogP contribution in [0.25, 0.3) is 11.0 Å². The van der Waals surface area contributed by atoms with Gasteiger partial charge in [-0.15, -0.1) is 0 Å². The zero-order chi connectivity index (χ0) is 24.6. The fourth-order valence-corrected chi connectivity index (χ4v) is 3.40. The van der Waals surface area contributed by atoms with Gasteiger partial charge in [-0.1, -0.05) is 19.1 Å². The van der Waals surface area contributed by atoms with E-state index in [-0.39, 0.29) is 29.8 Å². The van der Waals surface area contributed by atoms with Crippen LogP contribution in [0.2, 0.25) is 0 Å². The number of hydrogen-bond donors (Lipinski definition) is 4. The highest BCUT2D eigenvalue weighted by Gasteiger charge is 2.29. The van der Waals surface area contributed by atoms with Crippen molar-refractivity contribution in [1.82, 2.24) is 19.7 Å². The van der Waals surface area contributed by atoms with Gasteiger partial charge in [-0.2, -0.15) is 13.2 Å². The predicted molar refractivity (Wildman–Crippen MR) is 114 cm³/mol. The molecule has 182 valence electrons. The van der Waals surface area contributed by atoms with Crippen molar-refractivity contribution in [3.05, 3.63) is 47.8 Å². The van der Waals surface area contributed by atoms with Crippen LogP contribution in [0.5, 0.6) is 5.75 Å². The summed E-state index contributed by atoms with van der Waals surface area (Å²) in [6.45, 7) is 1.54. The number of sulfonamides is 1. The molecule has 0 aliphatic rings. The highest BCUT2D eigenvalue weighted by atomic mass is 32.2. The average Bonchev–Trinajstić information content (AvgIpc) is 3.22. The van der Waals surface area contributed by atoms with Gasteiger partial charge in [0.05, 0.1) is 36.0 Å². The maximum absolute atomic E-state index is 12.4. The van der Waals surface area contributed by atoms with Gasteiger partial charge in [0.25, 0.3) is 10.0 Å². The molecule has 0 aliphatic heterocycles. The molecule has 2 aromatic heterocycles. The van der Waals surface area contributed by atoms with E-state index in [4.69, 9.17) is 14.9 Å². The number of nitrogens with zero attached hydrogens (tertiary/aromatic N) is 2. The molecule has 0 saturated heterocycles. The van der Waals surface area contributed by atoms with E-state index in [2.05, 4.69) is 19.7 Å². The maximum Gasteiger partial charge on any atom is 0.422 e. The molecule has 0 radical (unpaired) electrons. The lowest BCUT2D eigenvalue weighted by atomic mass is 10.2. The Bertz CT molecular complexity index is 1120. The minimum Gasteiger partial charge on any atom is -0.484 e. The third-order valence-electron chi connectivity index (χ3n) is 4.38. The molecule has 0 aliphatic carbocycles. The molecule has 0 saturated carbocycles. The van der Waals surface area contributed by atoms with E-state index >= 15 is 0 Å². The first-order valence-corrected chi connectivity index (χ1v) is 11.3. The van der Waals surface area contributed by atoms with Crippen molar-refractivity contribution >= 4 is 21.1 Å². The van der Waals surface area contributed by atoms with Crippen molar-refractivity contribution < 1.29 is 36.5 Å². The van der Waals surface area contributed by atoms with Gasteiger partial charge in [0.1, 0.15) is 5.75 Å². The number of rotatable bonds is 8. The summed E-state index contributed by atoms with van der Waals surface area (Å²) >= 11 is 0. The fraction of sp³-hybridized carbons (Fsp3) is 0.400. The van der Waals surface area contributed by atoms with Crippen molar-refractivity contribution in [3.63, 3.8) is 0 Å². The standard InChI is InChI=1S/C16H15F3N4O3S.C4H10O2/c1-10-13(20-7-6-14(10)26-9-16(17,18)19)8-21-27(24,25)15-22-11-4-2-3-5-12(11)23-15;1-2-4(6)3-5/h2-7,21H,8-9H2,1H3,(H,22,23);4-6H,2-3H2,1H3/t;4-/m.1/s1. The second-order valence-electron chi connectivity index (χ2n) is 6.91. The summed E-state index contributed by atoms with van der Waals surface area (Å²) in [6.07, 6.45) is -3.09. The third kappa shape index (κ3) is 7.96. The van der Waals surface area contributed by atoms with E-state index in [0.717, 1.165) is 0 Å². The zero-order valence-corrected chi connectivity index (χ0v) is 18.7. The van der Waals surface area contributed by atoms with Crippen LogP contribution in [0, 0.1) is 6.92 Å². The van der Waals surface area contributed by atoms with E-state index in [1.165, 1.54) is 19.2 Å². The van der Waals surface area contributed by atoms with Crippen LogP contribution >= 0.6 is 0 Å². The molecule has 13 heteroatoms. The minimum atomic E-state index is -4.47. The first-order chi connectivity index (χ1) is 15.5. The van der Waals surface area contributed by atoms with E-state index in [1.807, 2.05) is 6.92 Å². The van der Waals surface area contributed by atoms with Crippen molar-refractivity contribution in [2.24, 2.45) is 0 Å². The smallest absolute Gasteiger partial charge is 0.422 e. The molecule has 2 heterocycles. The minimum absolute atomic E-state index is 0.0136. The lowest BCUT2D eigenvalue weighted by Crippen LogP contribution is -2.25. The number of fused-ring (bicyclic) bond motifs is 1. The number of para-hydroxylation sites is 2. The Hall–Kier alpha value is -2.74. The van der Waals surface area contributed by atoms with Crippen molar-refractivity contribution in [2.45, 2.75) is 44.2 Å². The van der Waals surface area contributed by atoms with Crippen molar-refractivity contribution in [3.8, 4) is 5.75 Å². The fourth-order valence-electron chi connectivity index (χ4n) is 2.47. The molecule has 9 nitrogen and oxygen atoms in total. The lowest BCUT2D eigenvalue weighted by Gasteiger charge is -2.13. The summed E-state index contributed by atoms with van der Waals surface area (Å²) < 4.78 is 68.8. The number of halogens is 3. The highest BCUT2D eigenvalue weighted by molar-refractivity contribution is 7.89. The van der Waals surface area contributed by atoms with E-state index in [1.54, 1.807) is 24.3 Å². The van der Waals surface area contributed by atoms with Crippen LogP contribution in [0.4, 0.5) is 13.2 Å². The van der Waals surface area contributed by atoms with Crippen LogP contribution in [-0.4, -0.2) is 59.1 Å². The molecule has 0 fully saturated rings. The second-order valence-corrected chi connectivity index (χ2v) is 8.60. The van der Waals surface area contributed by atoms with Crippen molar-refractivity contribution in [1.29, 1.82) is 0 Å². The van der Waals surface area contributed by atoms with Gasteiger partial charge in [0.15, 0.2) is 6.61 Å². The number of H-pyrrole nitrogens is 1. The monoisotopic (exact) mass is 490 g/mol. The number of aliphatic hydroxyl groups is 2. The molecule has 3 rings (SSSR count). The van der Waals surface area contributed by atoms with Gasteiger partial charge in [0.2, 0.25) is 5.16 Å². The topological polar surface area (TPSA) is 137 Å². The van der Waals surface area contributed by atoms with Gasteiger partial charge in [-0.3, -0.25) is 4.98 Å². The SMILES string of the molecule is CC[C@@H](O)CO.Cc1c(OCC(F)(F)F)ccnc1CNS(=O)(=O)c1nc2ccccc2[nH]1. The van der Waals surface area contributed by atoms with Gasteiger partial charge < -0.3 is 19.9 Å². The Kier molecular flexibility index (Phi) is 9.16. The molecule has 3 aromatic rings. The largest absolute Gasteiger partial charge is 0.484 e. The Morgan fingerprint density at radius 1 is 1.24 bits per heavy atom. The van der Waals surface area contributed by atoms with Crippen LogP contribution in [-0.2, 0) is 16.6 Å². The van der Waals surface area contributed by atoms with Crippen LogP contribution in [0.1, 0.15) is 24.6 Å². The van der Waals surface area contributed by atoms with Gasteiger partial charge in [-0.25, -0.2) is 18.1 Å². The first kappa shape index (κ1) is 26.5. The molecule has 0 unspecified atom stereocenters. The Morgan fingerprint density at radius 2 is 1.94 bits per heavy atom. The van der Waals surface area contributed by atoms with Crippen molar-refractivity contribution in [2.75, 3.05) is 13.2 Å². The average molecular weight is 491 g/mol. The van der Waals surface area contributed by atoms with Gasteiger partial charge in [-0.05, 0) is 31.5 Å². The van der Waals surface area contributed by atoms with Gasteiger partial charge in [0, 0.05) is 11.8 Å². The number of imidazole rings is 1. The zero-order valence-electron chi connectivity index (χ0n) is 17.9. The molecule has 0 bridgehead atoms.